The molecular formula is C14H20N6OS2. The fourth-order valence-corrected chi connectivity index (χ4v) is 4.30. The summed E-state index contributed by atoms with van der Waals surface area (Å²) in [5, 5.41) is 21.1. The zero-order valence-corrected chi connectivity index (χ0v) is 14.9. The molecule has 0 bridgehead atoms. The van der Waals surface area contributed by atoms with Crippen LogP contribution in [0.15, 0.2) is 11.5 Å². The van der Waals surface area contributed by atoms with Crippen LogP contribution in [0.25, 0.3) is 0 Å². The number of nitrogens with one attached hydrogen (secondary N) is 1. The predicted molar refractivity (Wildman–Crippen MR) is 90.7 cm³/mol. The molecule has 0 spiro atoms. The summed E-state index contributed by atoms with van der Waals surface area (Å²) in [5.74, 6) is 0.418. The Kier molecular flexibility index (Phi) is 5.27. The average Bonchev–Trinajstić information content (AvgIpc) is 3.18. The largest absolute Gasteiger partial charge is 0.312 e. The third-order valence-electron chi connectivity index (χ3n) is 3.95. The molecule has 1 amide bonds. The van der Waals surface area contributed by atoms with Crippen LogP contribution in [-0.2, 0) is 11.8 Å². The van der Waals surface area contributed by atoms with Crippen LogP contribution in [0.5, 0.6) is 0 Å². The zero-order valence-electron chi connectivity index (χ0n) is 13.2. The first-order valence-electron chi connectivity index (χ1n) is 7.78. The van der Waals surface area contributed by atoms with Gasteiger partial charge in [0.05, 0.1) is 5.25 Å². The van der Waals surface area contributed by atoms with E-state index in [2.05, 4.69) is 25.7 Å². The standard InChI is InChI=1S/C14H20N6OS2/c1-9(22-14-19-15-8-20(14)2)11(21)16-13-18-17-12(23-13)10-6-4-3-5-7-10/h8-10H,3-7H2,1-2H3,(H,16,18,21). The topological polar surface area (TPSA) is 85.6 Å². The van der Waals surface area contributed by atoms with Gasteiger partial charge >= 0.3 is 0 Å². The van der Waals surface area contributed by atoms with Gasteiger partial charge in [0.2, 0.25) is 11.0 Å². The van der Waals surface area contributed by atoms with Gasteiger partial charge in [-0.25, -0.2) is 0 Å². The van der Waals surface area contributed by atoms with Gasteiger partial charge in [-0.15, -0.1) is 20.4 Å². The van der Waals surface area contributed by atoms with Crippen LogP contribution < -0.4 is 5.32 Å². The van der Waals surface area contributed by atoms with Crippen molar-refractivity contribution in [2.75, 3.05) is 5.32 Å². The maximum atomic E-state index is 12.3. The van der Waals surface area contributed by atoms with E-state index < -0.39 is 0 Å². The van der Waals surface area contributed by atoms with Gasteiger partial charge in [0, 0.05) is 13.0 Å². The summed E-state index contributed by atoms with van der Waals surface area (Å²) >= 11 is 2.87. The van der Waals surface area contributed by atoms with Gasteiger partial charge in [0.1, 0.15) is 11.3 Å². The molecule has 1 saturated carbocycles. The molecule has 1 aliphatic rings. The molecule has 3 rings (SSSR count). The lowest BCUT2D eigenvalue weighted by Gasteiger charge is -2.18. The lowest BCUT2D eigenvalue weighted by molar-refractivity contribution is -0.115. The Hall–Kier alpha value is -1.48. The van der Waals surface area contributed by atoms with E-state index in [1.54, 1.807) is 10.9 Å². The fraction of sp³-hybridized carbons (Fsp3) is 0.643. The fourth-order valence-electron chi connectivity index (χ4n) is 2.60. The Morgan fingerprint density at radius 2 is 2.13 bits per heavy atom. The van der Waals surface area contributed by atoms with Crippen molar-refractivity contribution in [1.29, 1.82) is 0 Å². The van der Waals surface area contributed by atoms with Crippen LogP contribution in [0.2, 0.25) is 0 Å². The second kappa shape index (κ2) is 7.39. The highest BCUT2D eigenvalue weighted by Gasteiger charge is 2.22. The van der Waals surface area contributed by atoms with Crippen LogP contribution in [-0.4, -0.2) is 36.1 Å². The predicted octanol–water partition coefficient (Wildman–Crippen LogP) is 2.83. The highest BCUT2D eigenvalue weighted by Crippen LogP contribution is 2.35. The van der Waals surface area contributed by atoms with E-state index in [0.717, 1.165) is 5.01 Å². The monoisotopic (exact) mass is 352 g/mol. The molecule has 2 aromatic rings. The molecule has 1 fully saturated rings. The number of hydrogen-bond acceptors (Lipinski definition) is 7. The average molecular weight is 352 g/mol. The van der Waals surface area contributed by atoms with Gasteiger partial charge in [-0.2, -0.15) is 0 Å². The van der Waals surface area contributed by atoms with Crippen LogP contribution in [0.4, 0.5) is 5.13 Å². The van der Waals surface area contributed by atoms with E-state index in [9.17, 15) is 4.79 Å². The van der Waals surface area contributed by atoms with Gasteiger partial charge < -0.3 is 4.57 Å². The van der Waals surface area contributed by atoms with Crippen LogP contribution in [0.1, 0.15) is 50.0 Å². The number of amides is 1. The molecule has 9 heteroatoms. The van der Waals surface area contributed by atoms with Crippen LogP contribution in [0, 0.1) is 0 Å². The van der Waals surface area contributed by atoms with Crippen molar-refractivity contribution in [1.82, 2.24) is 25.0 Å². The lowest BCUT2D eigenvalue weighted by Crippen LogP contribution is -2.22. The number of thioether (sulfide) groups is 1. The number of anilines is 1. The normalized spacial score (nSPS) is 17.1. The SMILES string of the molecule is CC(Sc1nncn1C)C(=O)Nc1nnc(C2CCCCC2)s1. The van der Waals surface area contributed by atoms with Crippen molar-refractivity contribution in [3.63, 3.8) is 0 Å². The quantitative estimate of drug-likeness (QED) is 0.833. The number of carbonyl (C=O) groups is 1. The Labute approximate surface area is 143 Å². The van der Waals surface area contributed by atoms with Crippen LogP contribution >= 0.6 is 23.1 Å². The summed E-state index contributed by atoms with van der Waals surface area (Å²) in [6.45, 7) is 1.85. The third-order valence-corrected chi connectivity index (χ3v) is 6.10. The minimum absolute atomic E-state index is 0.0932. The van der Waals surface area contributed by atoms with E-state index in [1.807, 2.05) is 14.0 Å². The molecule has 1 aliphatic carbocycles. The van der Waals surface area contributed by atoms with Gasteiger partial charge in [0.25, 0.3) is 0 Å². The van der Waals surface area contributed by atoms with Gasteiger partial charge in [-0.3, -0.25) is 10.1 Å². The summed E-state index contributed by atoms with van der Waals surface area (Å²) < 4.78 is 1.79. The van der Waals surface area contributed by atoms with Crippen molar-refractivity contribution in [2.45, 2.75) is 55.4 Å². The summed E-state index contributed by atoms with van der Waals surface area (Å²) in [4.78, 5) is 12.3. The number of rotatable bonds is 5. The summed E-state index contributed by atoms with van der Waals surface area (Å²) in [7, 11) is 1.86. The molecule has 2 aromatic heterocycles. The molecule has 0 radical (unpaired) electrons. The summed E-state index contributed by atoms with van der Waals surface area (Å²) in [5.41, 5.74) is 0. The van der Waals surface area contributed by atoms with E-state index in [1.165, 1.54) is 55.2 Å². The molecule has 0 saturated heterocycles. The number of aromatic nitrogens is 5. The Morgan fingerprint density at radius 3 is 2.83 bits per heavy atom. The molecule has 2 heterocycles. The minimum Gasteiger partial charge on any atom is -0.312 e. The number of carbonyl (C=O) groups excluding carboxylic acids is 1. The number of hydrogen-bond donors (Lipinski definition) is 1. The number of aryl methyl sites for hydroxylation is 1. The van der Waals surface area contributed by atoms with E-state index >= 15 is 0 Å². The van der Waals surface area contributed by atoms with E-state index in [0.29, 0.717) is 16.2 Å². The van der Waals surface area contributed by atoms with Gasteiger partial charge in [0.15, 0.2) is 5.16 Å². The first-order chi connectivity index (χ1) is 11.1. The first kappa shape index (κ1) is 16.4. The number of nitrogens with zero attached hydrogens (tertiary/aromatic N) is 5. The van der Waals surface area contributed by atoms with Crippen molar-refractivity contribution in [3.05, 3.63) is 11.3 Å². The van der Waals surface area contributed by atoms with Crippen molar-refractivity contribution in [3.8, 4) is 0 Å². The maximum Gasteiger partial charge on any atom is 0.239 e. The second-order valence-corrected chi connectivity index (χ2v) is 8.07. The summed E-state index contributed by atoms with van der Waals surface area (Å²) in [6.07, 6.45) is 7.82. The van der Waals surface area contributed by atoms with Crippen LogP contribution in [0.3, 0.4) is 0 Å². The lowest BCUT2D eigenvalue weighted by atomic mass is 9.90. The molecule has 124 valence electrons. The Morgan fingerprint density at radius 1 is 1.35 bits per heavy atom. The molecule has 23 heavy (non-hydrogen) atoms. The highest BCUT2D eigenvalue weighted by atomic mass is 32.2. The molecule has 7 nitrogen and oxygen atoms in total. The zero-order chi connectivity index (χ0) is 16.2. The highest BCUT2D eigenvalue weighted by molar-refractivity contribution is 8.00. The van der Waals surface area contributed by atoms with Gasteiger partial charge in [-0.1, -0.05) is 42.4 Å². The molecule has 1 atom stereocenters. The summed E-state index contributed by atoms with van der Waals surface area (Å²) in [6, 6.07) is 0. The molecule has 0 aliphatic heterocycles. The minimum atomic E-state index is -0.278. The Balaban J connectivity index is 1.57. The molecule has 1 N–H and O–H groups in total. The Bertz CT molecular complexity index is 664. The van der Waals surface area contributed by atoms with Gasteiger partial charge in [-0.05, 0) is 19.8 Å². The molecule has 0 aromatic carbocycles. The van der Waals surface area contributed by atoms with Crippen molar-refractivity contribution in [2.24, 2.45) is 7.05 Å². The molecular weight excluding hydrogens is 332 g/mol. The van der Waals surface area contributed by atoms with Crippen molar-refractivity contribution >= 4 is 34.1 Å². The maximum absolute atomic E-state index is 12.3. The smallest absolute Gasteiger partial charge is 0.239 e. The van der Waals surface area contributed by atoms with E-state index in [-0.39, 0.29) is 11.2 Å². The van der Waals surface area contributed by atoms with E-state index in [4.69, 9.17) is 0 Å². The van der Waals surface area contributed by atoms with Crippen molar-refractivity contribution < 1.29 is 4.79 Å². The second-order valence-electron chi connectivity index (χ2n) is 5.75. The molecule has 1 unspecified atom stereocenters. The first-order valence-corrected chi connectivity index (χ1v) is 9.48. The third kappa shape index (κ3) is 4.08.